The van der Waals surface area contributed by atoms with E-state index < -0.39 is 0 Å². The second-order valence-electron chi connectivity index (χ2n) is 8.57. The van der Waals surface area contributed by atoms with Crippen molar-refractivity contribution in [1.29, 1.82) is 0 Å². The van der Waals surface area contributed by atoms with Crippen LogP contribution in [0, 0.1) is 5.92 Å². The minimum atomic E-state index is 0. The molecule has 3 heterocycles. The zero-order valence-corrected chi connectivity index (χ0v) is 20.2. The maximum atomic E-state index is 4.55. The van der Waals surface area contributed by atoms with Crippen LogP contribution < -0.4 is 10.2 Å². The molecule has 2 saturated heterocycles. The summed E-state index contributed by atoms with van der Waals surface area (Å²) in [6.45, 7) is 14.3. The molecule has 0 saturated carbocycles. The number of hydrogen-bond acceptors (Lipinski definition) is 4. The van der Waals surface area contributed by atoms with Crippen molar-refractivity contribution in [3.8, 4) is 0 Å². The van der Waals surface area contributed by atoms with Gasteiger partial charge in [-0.05, 0) is 51.3 Å². The van der Waals surface area contributed by atoms with E-state index in [9.17, 15) is 0 Å². The number of nitrogens with zero attached hydrogens (tertiary/aromatic N) is 5. The van der Waals surface area contributed by atoms with Gasteiger partial charge in [-0.2, -0.15) is 0 Å². The number of rotatable bonds is 4. The summed E-state index contributed by atoms with van der Waals surface area (Å²) < 4.78 is 0. The third-order valence-electron chi connectivity index (χ3n) is 5.96. The van der Waals surface area contributed by atoms with Crippen LogP contribution in [0.3, 0.4) is 0 Å². The number of aromatic nitrogens is 1. The number of guanidine groups is 1. The summed E-state index contributed by atoms with van der Waals surface area (Å²) in [6, 6.07) is 6.11. The van der Waals surface area contributed by atoms with Crippen molar-refractivity contribution >= 4 is 35.8 Å². The fourth-order valence-electron chi connectivity index (χ4n) is 4.17. The third kappa shape index (κ3) is 5.95. The van der Waals surface area contributed by atoms with Gasteiger partial charge < -0.3 is 15.1 Å². The Kier molecular flexibility index (Phi) is 8.80. The van der Waals surface area contributed by atoms with Crippen LogP contribution in [0.25, 0.3) is 0 Å². The van der Waals surface area contributed by atoms with Crippen molar-refractivity contribution in [1.82, 2.24) is 20.1 Å². The normalized spacial score (nSPS) is 22.0. The molecule has 1 N–H and O–H groups in total. The van der Waals surface area contributed by atoms with Gasteiger partial charge in [0.15, 0.2) is 5.96 Å². The lowest BCUT2D eigenvalue weighted by Crippen LogP contribution is -2.58. The molecule has 1 atom stereocenters. The number of halogens is 1. The summed E-state index contributed by atoms with van der Waals surface area (Å²) in [7, 11) is 1.89. The topological polar surface area (TPSA) is 47.0 Å². The second kappa shape index (κ2) is 10.6. The number of pyridine rings is 1. The minimum Gasteiger partial charge on any atom is -0.354 e. The Labute approximate surface area is 187 Å². The number of piperazine rings is 1. The first-order valence-corrected chi connectivity index (χ1v) is 10.4. The second-order valence-corrected chi connectivity index (χ2v) is 8.57. The van der Waals surface area contributed by atoms with Crippen molar-refractivity contribution in [2.45, 2.75) is 39.2 Å². The Hall–Kier alpha value is -1.09. The van der Waals surface area contributed by atoms with E-state index in [4.69, 9.17) is 0 Å². The molecule has 0 radical (unpaired) electrons. The molecule has 0 bridgehead atoms. The standard InChI is InChI=1S/C21H36N6.HI/c1-18-8-7-11-27(16-18)21(2,3)17-24-20(22-4)26-14-12-25(13-15-26)19-9-5-6-10-23-19;/h5-6,9-10,18H,7-8,11-17H2,1-4H3,(H,22,24);1H. The monoisotopic (exact) mass is 500 g/mol. The lowest BCUT2D eigenvalue weighted by molar-refractivity contribution is 0.0734. The van der Waals surface area contributed by atoms with Crippen molar-refractivity contribution in [2.75, 3.05) is 57.8 Å². The van der Waals surface area contributed by atoms with Gasteiger partial charge in [0.2, 0.25) is 0 Å². The number of anilines is 1. The first-order valence-electron chi connectivity index (χ1n) is 10.4. The van der Waals surface area contributed by atoms with Gasteiger partial charge in [-0.1, -0.05) is 13.0 Å². The van der Waals surface area contributed by atoms with E-state index in [0.29, 0.717) is 0 Å². The van der Waals surface area contributed by atoms with E-state index in [1.165, 1.54) is 25.9 Å². The van der Waals surface area contributed by atoms with Gasteiger partial charge >= 0.3 is 0 Å². The first kappa shape index (κ1) is 23.2. The smallest absolute Gasteiger partial charge is 0.193 e. The van der Waals surface area contributed by atoms with Crippen molar-refractivity contribution < 1.29 is 0 Å². The molecule has 1 unspecified atom stereocenters. The highest BCUT2D eigenvalue weighted by Gasteiger charge is 2.31. The van der Waals surface area contributed by atoms with Crippen LogP contribution >= 0.6 is 24.0 Å². The molecule has 0 aromatic carbocycles. The van der Waals surface area contributed by atoms with Gasteiger partial charge in [0, 0.05) is 58.1 Å². The SMILES string of the molecule is CN=C(NCC(C)(C)N1CCCC(C)C1)N1CCN(c2ccccn2)CC1.I. The zero-order valence-electron chi connectivity index (χ0n) is 17.9. The molecule has 2 aliphatic rings. The van der Waals surface area contributed by atoms with E-state index in [1.54, 1.807) is 0 Å². The van der Waals surface area contributed by atoms with Crippen LogP contribution in [0.1, 0.15) is 33.6 Å². The Balaban J connectivity index is 0.00000280. The molecule has 1 aromatic heterocycles. The summed E-state index contributed by atoms with van der Waals surface area (Å²) in [5, 5.41) is 3.65. The van der Waals surface area contributed by atoms with E-state index in [1.807, 2.05) is 19.3 Å². The van der Waals surface area contributed by atoms with E-state index in [0.717, 1.165) is 50.4 Å². The van der Waals surface area contributed by atoms with Crippen LogP contribution in [0.5, 0.6) is 0 Å². The molecule has 0 amide bonds. The predicted octanol–water partition coefficient (Wildman–Crippen LogP) is 2.91. The number of piperidine rings is 1. The maximum Gasteiger partial charge on any atom is 0.193 e. The fourth-order valence-corrected chi connectivity index (χ4v) is 4.17. The highest BCUT2D eigenvalue weighted by atomic mass is 127. The largest absolute Gasteiger partial charge is 0.354 e. The van der Waals surface area contributed by atoms with E-state index in [2.05, 4.69) is 62.9 Å². The quantitative estimate of drug-likeness (QED) is 0.392. The van der Waals surface area contributed by atoms with E-state index >= 15 is 0 Å². The summed E-state index contributed by atoms with van der Waals surface area (Å²) in [6.07, 6.45) is 4.54. The minimum absolute atomic E-state index is 0. The number of aliphatic imine (C=N–C) groups is 1. The Bertz CT molecular complexity index is 613. The highest BCUT2D eigenvalue weighted by molar-refractivity contribution is 14.0. The fraction of sp³-hybridized carbons (Fsp3) is 0.714. The average molecular weight is 500 g/mol. The molecule has 6 nitrogen and oxygen atoms in total. The lowest BCUT2D eigenvalue weighted by atomic mass is 9.93. The number of nitrogens with one attached hydrogen (secondary N) is 1. The molecule has 0 aliphatic carbocycles. The van der Waals surface area contributed by atoms with Crippen molar-refractivity contribution in [3.05, 3.63) is 24.4 Å². The highest BCUT2D eigenvalue weighted by Crippen LogP contribution is 2.23. The summed E-state index contributed by atoms with van der Waals surface area (Å²) >= 11 is 0. The number of hydrogen-bond donors (Lipinski definition) is 1. The lowest BCUT2D eigenvalue weighted by Gasteiger charge is -2.44. The molecule has 158 valence electrons. The molecule has 7 heteroatoms. The Morgan fingerprint density at radius 1 is 1.21 bits per heavy atom. The van der Waals surface area contributed by atoms with Crippen LogP contribution in [0.15, 0.2) is 29.4 Å². The molecule has 1 aromatic rings. The molecule has 0 spiro atoms. The Morgan fingerprint density at radius 2 is 1.96 bits per heavy atom. The summed E-state index contributed by atoms with van der Waals surface area (Å²) in [4.78, 5) is 16.4. The number of likely N-dealkylation sites (tertiary alicyclic amines) is 1. The Morgan fingerprint density at radius 3 is 2.57 bits per heavy atom. The van der Waals surface area contributed by atoms with Crippen molar-refractivity contribution in [2.24, 2.45) is 10.9 Å². The average Bonchev–Trinajstić information content (AvgIpc) is 2.69. The molecule has 2 aliphatic heterocycles. The van der Waals surface area contributed by atoms with Crippen LogP contribution in [0.2, 0.25) is 0 Å². The molecular weight excluding hydrogens is 463 g/mol. The van der Waals surface area contributed by atoms with Gasteiger partial charge in [0.1, 0.15) is 5.82 Å². The first-order chi connectivity index (χ1) is 13.0. The molecular formula is C21H37IN6. The van der Waals surface area contributed by atoms with E-state index in [-0.39, 0.29) is 29.5 Å². The predicted molar refractivity (Wildman–Crippen MR) is 129 cm³/mol. The summed E-state index contributed by atoms with van der Waals surface area (Å²) in [5.41, 5.74) is 0.139. The van der Waals surface area contributed by atoms with Gasteiger partial charge in [-0.15, -0.1) is 24.0 Å². The van der Waals surface area contributed by atoms with Crippen molar-refractivity contribution in [3.63, 3.8) is 0 Å². The molecule has 28 heavy (non-hydrogen) atoms. The maximum absolute atomic E-state index is 4.55. The summed E-state index contributed by atoms with van der Waals surface area (Å²) in [5.74, 6) is 2.89. The third-order valence-corrected chi connectivity index (χ3v) is 5.96. The zero-order chi connectivity index (χ0) is 19.3. The van der Waals surface area contributed by atoms with Gasteiger partial charge in [0.25, 0.3) is 0 Å². The molecule has 2 fully saturated rings. The van der Waals surface area contributed by atoms with Gasteiger partial charge in [0.05, 0.1) is 0 Å². The van der Waals surface area contributed by atoms with Crippen LogP contribution in [0.4, 0.5) is 5.82 Å². The van der Waals surface area contributed by atoms with Gasteiger partial charge in [-0.25, -0.2) is 4.98 Å². The van der Waals surface area contributed by atoms with Gasteiger partial charge in [-0.3, -0.25) is 9.89 Å². The van der Waals surface area contributed by atoms with Crippen LogP contribution in [-0.4, -0.2) is 79.1 Å². The van der Waals surface area contributed by atoms with Crippen LogP contribution in [-0.2, 0) is 0 Å². The molecule has 3 rings (SSSR count).